The van der Waals surface area contributed by atoms with Crippen LogP contribution in [0.25, 0.3) is 33.4 Å². The van der Waals surface area contributed by atoms with Crippen molar-refractivity contribution in [2.75, 3.05) is 6.61 Å². The predicted octanol–water partition coefficient (Wildman–Crippen LogP) is 2.61. The predicted molar refractivity (Wildman–Crippen MR) is 119 cm³/mol. The van der Waals surface area contributed by atoms with Crippen LogP contribution in [0.1, 0.15) is 22.8 Å². The van der Waals surface area contributed by atoms with Crippen LogP contribution in [0.4, 0.5) is 0 Å². The Labute approximate surface area is 182 Å². The quantitative estimate of drug-likeness (QED) is 0.473. The molecule has 32 heavy (non-hydrogen) atoms. The highest BCUT2D eigenvalue weighted by Gasteiger charge is 2.34. The number of phenols is 1. The summed E-state index contributed by atoms with van der Waals surface area (Å²) >= 11 is 0. The van der Waals surface area contributed by atoms with Crippen LogP contribution in [0.15, 0.2) is 52.1 Å². The molecule has 0 fully saturated rings. The molecule has 8 heteroatoms. The standard InChI is InChI=1S/C24H19N3O5/c1-4-32-16-11-12(9-10-15(16)28)17-18-20(13-7-5-6-8-14(13)21(18)29)25-22-19(17)23(30)27(3)24(31)26(22)2/h5-11,28H,4H2,1-3H3. The number of ether oxygens (including phenoxy) is 1. The lowest BCUT2D eigenvalue weighted by molar-refractivity contribution is 0.104. The van der Waals surface area contributed by atoms with Crippen molar-refractivity contribution in [1.29, 1.82) is 0 Å². The Hall–Kier alpha value is -4.20. The van der Waals surface area contributed by atoms with Gasteiger partial charge in [-0.25, -0.2) is 9.78 Å². The molecule has 0 saturated heterocycles. The molecule has 0 saturated carbocycles. The number of carbonyl (C=O) groups is 1. The van der Waals surface area contributed by atoms with Crippen LogP contribution in [0.5, 0.6) is 11.5 Å². The van der Waals surface area contributed by atoms with Crippen molar-refractivity contribution in [3.05, 3.63) is 74.4 Å². The van der Waals surface area contributed by atoms with Crippen molar-refractivity contribution in [2.24, 2.45) is 14.1 Å². The average molecular weight is 429 g/mol. The zero-order valence-electron chi connectivity index (χ0n) is 17.7. The molecule has 0 radical (unpaired) electrons. The molecule has 2 aromatic heterocycles. The molecule has 8 nitrogen and oxygen atoms in total. The molecule has 0 bridgehead atoms. The van der Waals surface area contributed by atoms with Crippen LogP contribution in [0.3, 0.4) is 0 Å². The fourth-order valence-corrected chi connectivity index (χ4v) is 4.26. The van der Waals surface area contributed by atoms with Crippen molar-refractivity contribution >= 4 is 16.8 Å². The third-order valence-corrected chi connectivity index (χ3v) is 5.79. The van der Waals surface area contributed by atoms with E-state index in [2.05, 4.69) is 4.98 Å². The lowest BCUT2D eigenvalue weighted by Crippen LogP contribution is -2.37. The number of aromatic nitrogens is 3. The van der Waals surface area contributed by atoms with Gasteiger partial charge in [0, 0.05) is 30.8 Å². The van der Waals surface area contributed by atoms with Gasteiger partial charge in [-0.2, -0.15) is 0 Å². The van der Waals surface area contributed by atoms with E-state index in [1.165, 1.54) is 17.7 Å². The number of ketones is 1. The second-order valence-corrected chi connectivity index (χ2v) is 7.61. The molecule has 2 aromatic carbocycles. The first-order valence-corrected chi connectivity index (χ1v) is 10.1. The summed E-state index contributed by atoms with van der Waals surface area (Å²) in [6.07, 6.45) is 0. The Morgan fingerprint density at radius 2 is 1.69 bits per heavy atom. The lowest BCUT2D eigenvalue weighted by Gasteiger charge is -2.16. The minimum atomic E-state index is -0.553. The number of phenolic OH excluding ortho intramolecular Hbond substituents is 1. The van der Waals surface area contributed by atoms with E-state index in [1.54, 1.807) is 44.3 Å². The van der Waals surface area contributed by atoms with Gasteiger partial charge >= 0.3 is 5.69 Å². The topological polar surface area (TPSA) is 103 Å². The molecule has 160 valence electrons. The number of aryl methyl sites for hydroxylation is 1. The van der Waals surface area contributed by atoms with E-state index >= 15 is 0 Å². The number of hydrogen-bond acceptors (Lipinski definition) is 6. The second-order valence-electron chi connectivity index (χ2n) is 7.61. The van der Waals surface area contributed by atoms with E-state index in [9.17, 15) is 19.5 Å². The van der Waals surface area contributed by atoms with Gasteiger partial charge in [0.1, 0.15) is 0 Å². The number of benzene rings is 2. The van der Waals surface area contributed by atoms with Gasteiger partial charge < -0.3 is 9.84 Å². The lowest BCUT2D eigenvalue weighted by atomic mass is 9.94. The van der Waals surface area contributed by atoms with E-state index in [0.29, 0.717) is 40.1 Å². The number of rotatable bonds is 3. The smallest absolute Gasteiger partial charge is 0.332 e. The highest BCUT2D eigenvalue weighted by atomic mass is 16.5. The Bertz CT molecular complexity index is 1580. The largest absolute Gasteiger partial charge is 0.504 e. The van der Waals surface area contributed by atoms with Gasteiger partial charge in [0.15, 0.2) is 22.9 Å². The van der Waals surface area contributed by atoms with Crippen molar-refractivity contribution < 1.29 is 14.6 Å². The van der Waals surface area contributed by atoms with Gasteiger partial charge in [-0.3, -0.25) is 18.7 Å². The van der Waals surface area contributed by atoms with E-state index in [-0.39, 0.29) is 28.3 Å². The van der Waals surface area contributed by atoms with Gasteiger partial charge in [0.25, 0.3) is 5.56 Å². The first-order chi connectivity index (χ1) is 15.3. The molecule has 0 atom stereocenters. The molecule has 1 aliphatic rings. The van der Waals surface area contributed by atoms with Crippen LogP contribution in [0, 0.1) is 0 Å². The maximum Gasteiger partial charge on any atom is 0.332 e. The third kappa shape index (κ3) is 2.56. The van der Waals surface area contributed by atoms with E-state index in [0.717, 1.165) is 4.57 Å². The SMILES string of the molecule is CCOc1cc(-c2c3c(nc4c2c(=O)n(C)c(=O)n4C)-c2ccccc2C3=O)ccc1O. The summed E-state index contributed by atoms with van der Waals surface area (Å²) in [7, 11) is 2.93. The molecular weight excluding hydrogens is 410 g/mol. The fraction of sp³-hybridized carbons (Fsp3) is 0.167. The Morgan fingerprint density at radius 3 is 2.41 bits per heavy atom. The van der Waals surface area contributed by atoms with Gasteiger partial charge in [-0.15, -0.1) is 0 Å². The molecule has 2 heterocycles. The van der Waals surface area contributed by atoms with Gasteiger partial charge in [0.2, 0.25) is 0 Å². The first-order valence-electron chi connectivity index (χ1n) is 10.1. The van der Waals surface area contributed by atoms with Gasteiger partial charge in [-0.1, -0.05) is 30.3 Å². The van der Waals surface area contributed by atoms with Gasteiger partial charge in [-0.05, 0) is 24.6 Å². The molecular formula is C24H19N3O5. The summed E-state index contributed by atoms with van der Waals surface area (Å²) in [5, 5.41) is 10.3. The number of fused-ring (bicyclic) bond motifs is 4. The summed E-state index contributed by atoms with van der Waals surface area (Å²) in [4.78, 5) is 44.0. The zero-order valence-corrected chi connectivity index (χ0v) is 17.7. The van der Waals surface area contributed by atoms with Crippen LogP contribution >= 0.6 is 0 Å². The average Bonchev–Trinajstić information content (AvgIpc) is 3.09. The highest BCUT2D eigenvalue weighted by Crippen LogP contribution is 2.44. The monoisotopic (exact) mass is 429 g/mol. The third-order valence-electron chi connectivity index (χ3n) is 5.79. The molecule has 4 aromatic rings. The minimum Gasteiger partial charge on any atom is -0.504 e. The van der Waals surface area contributed by atoms with Crippen molar-refractivity contribution in [2.45, 2.75) is 6.92 Å². The normalized spacial score (nSPS) is 12.2. The summed E-state index contributed by atoms with van der Waals surface area (Å²) in [5.41, 5.74) is 1.83. The highest BCUT2D eigenvalue weighted by molar-refractivity contribution is 6.26. The van der Waals surface area contributed by atoms with Crippen LogP contribution in [0.2, 0.25) is 0 Å². The Morgan fingerprint density at radius 1 is 0.969 bits per heavy atom. The minimum absolute atomic E-state index is 0.0551. The fourth-order valence-electron chi connectivity index (χ4n) is 4.26. The molecule has 0 spiro atoms. The molecule has 1 aliphatic carbocycles. The van der Waals surface area contributed by atoms with Crippen LogP contribution in [-0.2, 0) is 14.1 Å². The molecule has 5 rings (SSSR count). The Kier molecular flexibility index (Phi) is 4.27. The second kappa shape index (κ2) is 6.91. The number of hydrogen-bond donors (Lipinski definition) is 1. The number of pyridine rings is 1. The summed E-state index contributed by atoms with van der Waals surface area (Å²) in [6.45, 7) is 2.12. The molecule has 0 aliphatic heterocycles. The Balaban J connectivity index is 2.01. The first kappa shape index (κ1) is 19.7. The maximum absolute atomic E-state index is 13.5. The van der Waals surface area contributed by atoms with Crippen molar-refractivity contribution in [3.8, 4) is 33.9 Å². The zero-order chi connectivity index (χ0) is 22.7. The van der Waals surface area contributed by atoms with Crippen molar-refractivity contribution in [1.82, 2.24) is 14.1 Å². The molecule has 0 unspecified atom stereocenters. The van der Waals surface area contributed by atoms with Gasteiger partial charge in [0.05, 0.1) is 23.3 Å². The summed E-state index contributed by atoms with van der Waals surface area (Å²) in [5.74, 6) is -0.0734. The molecule has 1 N–H and O–H groups in total. The van der Waals surface area contributed by atoms with Crippen LogP contribution < -0.4 is 16.0 Å². The number of aromatic hydroxyl groups is 1. The summed E-state index contributed by atoms with van der Waals surface area (Å²) in [6, 6.07) is 11.8. The maximum atomic E-state index is 13.5. The number of carbonyl (C=O) groups excluding carboxylic acids is 1. The van der Waals surface area contributed by atoms with Crippen molar-refractivity contribution in [3.63, 3.8) is 0 Å². The van der Waals surface area contributed by atoms with E-state index in [4.69, 9.17) is 4.74 Å². The van der Waals surface area contributed by atoms with E-state index < -0.39 is 11.2 Å². The van der Waals surface area contributed by atoms with Crippen LogP contribution in [-0.4, -0.2) is 31.6 Å². The summed E-state index contributed by atoms with van der Waals surface area (Å²) < 4.78 is 7.82. The number of nitrogens with zero attached hydrogens (tertiary/aromatic N) is 3. The molecule has 0 amide bonds. The van der Waals surface area contributed by atoms with E-state index in [1.807, 2.05) is 6.07 Å².